The molecule has 0 aliphatic heterocycles. The summed E-state index contributed by atoms with van der Waals surface area (Å²) in [5.74, 6) is -0.0387. The van der Waals surface area contributed by atoms with Gasteiger partial charge in [0.25, 0.3) is 5.91 Å². The standard InChI is InChI=1S/C19H22ClN3OS3/c1-4-22(5-2)10-11-23(18(24)15-8-9-17(20)26-15)19-21-14-7-6-13(25-3)12-16(14)27-19/h6-9,12H,4-5,10-11H2,1-3H3. The van der Waals surface area contributed by atoms with E-state index in [0.717, 1.165) is 35.0 Å². The van der Waals surface area contributed by atoms with E-state index in [0.29, 0.717) is 15.8 Å². The predicted molar refractivity (Wildman–Crippen MR) is 120 cm³/mol. The molecule has 0 radical (unpaired) electrons. The molecule has 2 aromatic heterocycles. The van der Waals surface area contributed by atoms with Crippen molar-refractivity contribution in [3.8, 4) is 0 Å². The fourth-order valence-electron chi connectivity index (χ4n) is 2.76. The van der Waals surface area contributed by atoms with Gasteiger partial charge in [0, 0.05) is 18.0 Å². The van der Waals surface area contributed by atoms with Crippen molar-refractivity contribution in [2.24, 2.45) is 0 Å². The number of carbonyl (C=O) groups excluding carboxylic acids is 1. The van der Waals surface area contributed by atoms with E-state index >= 15 is 0 Å². The predicted octanol–water partition coefficient (Wildman–Crippen LogP) is 5.72. The van der Waals surface area contributed by atoms with Crippen molar-refractivity contribution < 1.29 is 4.79 Å². The minimum atomic E-state index is -0.0387. The Balaban J connectivity index is 1.94. The molecular formula is C19H22ClN3OS3. The van der Waals surface area contributed by atoms with E-state index in [9.17, 15) is 4.79 Å². The van der Waals surface area contributed by atoms with E-state index < -0.39 is 0 Å². The zero-order valence-corrected chi connectivity index (χ0v) is 18.8. The summed E-state index contributed by atoms with van der Waals surface area (Å²) in [6.07, 6.45) is 2.06. The van der Waals surface area contributed by atoms with E-state index in [1.807, 2.05) is 6.07 Å². The van der Waals surface area contributed by atoms with Crippen molar-refractivity contribution in [3.05, 3.63) is 39.5 Å². The van der Waals surface area contributed by atoms with E-state index in [-0.39, 0.29) is 5.91 Å². The monoisotopic (exact) mass is 439 g/mol. The Morgan fingerprint density at radius 3 is 2.56 bits per heavy atom. The molecule has 3 aromatic rings. The second kappa shape index (κ2) is 9.39. The van der Waals surface area contributed by atoms with Crippen LogP contribution in [0.15, 0.2) is 35.2 Å². The van der Waals surface area contributed by atoms with Crippen LogP contribution < -0.4 is 4.90 Å². The number of aromatic nitrogens is 1. The molecule has 0 saturated heterocycles. The molecule has 0 unspecified atom stereocenters. The van der Waals surface area contributed by atoms with Gasteiger partial charge in [-0.1, -0.05) is 36.8 Å². The van der Waals surface area contributed by atoms with E-state index in [1.165, 1.54) is 16.2 Å². The first-order valence-electron chi connectivity index (χ1n) is 8.79. The van der Waals surface area contributed by atoms with Crippen LogP contribution in [0, 0.1) is 0 Å². The highest BCUT2D eigenvalue weighted by molar-refractivity contribution is 7.98. The molecule has 0 N–H and O–H groups in total. The van der Waals surface area contributed by atoms with Crippen LogP contribution in [0.25, 0.3) is 10.2 Å². The maximum atomic E-state index is 13.2. The van der Waals surface area contributed by atoms with E-state index in [4.69, 9.17) is 16.6 Å². The van der Waals surface area contributed by atoms with Gasteiger partial charge >= 0.3 is 0 Å². The van der Waals surface area contributed by atoms with Crippen LogP contribution in [0.1, 0.15) is 23.5 Å². The smallest absolute Gasteiger partial charge is 0.270 e. The summed E-state index contributed by atoms with van der Waals surface area (Å²) in [5, 5.41) is 0.741. The zero-order valence-electron chi connectivity index (χ0n) is 15.6. The van der Waals surface area contributed by atoms with Crippen LogP contribution in [0.5, 0.6) is 0 Å². The molecule has 144 valence electrons. The van der Waals surface area contributed by atoms with Gasteiger partial charge in [0.15, 0.2) is 5.13 Å². The number of halogens is 1. The third-order valence-corrected chi connectivity index (χ3v) is 7.36. The van der Waals surface area contributed by atoms with Gasteiger partial charge in [0.2, 0.25) is 0 Å². The largest absolute Gasteiger partial charge is 0.302 e. The van der Waals surface area contributed by atoms with E-state index in [1.54, 1.807) is 40.1 Å². The molecule has 0 bridgehead atoms. The quantitative estimate of drug-likeness (QED) is 0.420. The number of thiophene rings is 1. The Kier molecular flexibility index (Phi) is 7.16. The lowest BCUT2D eigenvalue weighted by Gasteiger charge is -2.24. The zero-order chi connectivity index (χ0) is 19.4. The van der Waals surface area contributed by atoms with Crippen molar-refractivity contribution in [2.75, 3.05) is 37.3 Å². The number of anilines is 1. The van der Waals surface area contributed by atoms with Gasteiger partial charge in [-0.05, 0) is 49.7 Å². The molecule has 4 nitrogen and oxygen atoms in total. The molecule has 0 saturated carbocycles. The Morgan fingerprint density at radius 2 is 1.93 bits per heavy atom. The van der Waals surface area contributed by atoms with Crippen LogP contribution in [0.4, 0.5) is 5.13 Å². The lowest BCUT2D eigenvalue weighted by molar-refractivity contribution is 0.0987. The highest BCUT2D eigenvalue weighted by atomic mass is 35.5. The highest BCUT2D eigenvalue weighted by Gasteiger charge is 2.23. The number of likely N-dealkylation sites (N-methyl/N-ethyl adjacent to an activating group) is 1. The maximum Gasteiger partial charge on any atom is 0.270 e. The molecule has 27 heavy (non-hydrogen) atoms. The van der Waals surface area contributed by atoms with Gasteiger partial charge in [-0.25, -0.2) is 4.98 Å². The van der Waals surface area contributed by atoms with E-state index in [2.05, 4.69) is 37.1 Å². The lowest BCUT2D eigenvalue weighted by Crippen LogP contribution is -2.38. The summed E-state index contributed by atoms with van der Waals surface area (Å²) < 4.78 is 1.72. The molecule has 3 rings (SSSR count). The second-order valence-corrected chi connectivity index (χ2v) is 9.52. The van der Waals surface area contributed by atoms with Gasteiger partial charge in [-0.15, -0.1) is 23.1 Å². The number of carbonyl (C=O) groups is 1. The van der Waals surface area contributed by atoms with Crippen LogP contribution in [-0.4, -0.2) is 48.2 Å². The van der Waals surface area contributed by atoms with Crippen molar-refractivity contribution in [3.63, 3.8) is 0 Å². The SMILES string of the molecule is CCN(CC)CCN(C(=O)c1ccc(Cl)s1)c1nc2ccc(SC)cc2s1. The number of benzene rings is 1. The maximum absolute atomic E-state index is 13.2. The summed E-state index contributed by atoms with van der Waals surface area (Å²) in [6.45, 7) is 7.60. The number of thiazole rings is 1. The molecule has 0 aliphatic carbocycles. The van der Waals surface area contributed by atoms with Crippen molar-refractivity contribution in [2.45, 2.75) is 18.7 Å². The summed E-state index contributed by atoms with van der Waals surface area (Å²) in [6, 6.07) is 9.79. The molecule has 0 atom stereocenters. The first-order valence-corrected chi connectivity index (χ1v) is 12.0. The first kappa shape index (κ1) is 20.6. The molecule has 1 amide bonds. The van der Waals surface area contributed by atoms with Crippen LogP contribution in [-0.2, 0) is 0 Å². The number of hydrogen-bond donors (Lipinski definition) is 0. The van der Waals surface area contributed by atoms with Gasteiger partial charge in [0.1, 0.15) is 0 Å². The van der Waals surface area contributed by atoms with Gasteiger partial charge < -0.3 is 4.90 Å². The Bertz CT molecular complexity index is 920. The first-order chi connectivity index (χ1) is 13.0. The molecule has 0 fully saturated rings. The third kappa shape index (κ3) is 4.84. The summed E-state index contributed by atoms with van der Waals surface area (Å²) >= 11 is 10.6. The summed E-state index contributed by atoms with van der Waals surface area (Å²) in [4.78, 5) is 23.9. The minimum Gasteiger partial charge on any atom is -0.302 e. The number of nitrogens with zero attached hydrogens (tertiary/aromatic N) is 3. The molecule has 8 heteroatoms. The number of fused-ring (bicyclic) bond motifs is 1. The number of thioether (sulfide) groups is 1. The molecule has 2 heterocycles. The topological polar surface area (TPSA) is 36.4 Å². The van der Waals surface area contributed by atoms with Crippen LogP contribution in [0.3, 0.4) is 0 Å². The molecule has 0 spiro atoms. The third-order valence-electron chi connectivity index (χ3n) is 4.38. The van der Waals surface area contributed by atoms with Crippen LogP contribution in [0.2, 0.25) is 4.34 Å². The lowest BCUT2D eigenvalue weighted by atomic mass is 10.3. The average molecular weight is 440 g/mol. The average Bonchev–Trinajstić information content (AvgIpc) is 3.30. The summed E-state index contributed by atoms with van der Waals surface area (Å²) in [7, 11) is 0. The molecule has 0 aliphatic rings. The normalized spacial score (nSPS) is 11.4. The van der Waals surface area contributed by atoms with Gasteiger partial charge in [0.05, 0.1) is 19.4 Å². The van der Waals surface area contributed by atoms with Crippen LogP contribution >= 0.6 is 46.0 Å². The Labute approximate surface area is 177 Å². The Hall–Kier alpha value is -1.12. The van der Waals surface area contributed by atoms with Crippen molar-refractivity contribution in [1.29, 1.82) is 0 Å². The molecule has 1 aromatic carbocycles. The summed E-state index contributed by atoms with van der Waals surface area (Å²) in [5.41, 5.74) is 0.928. The Morgan fingerprint density at radius 1 is 1.15 bits per heavy atom. The van der Waals surface area contributed by atoms with Crippen molar-refractivity contribution >= 4 is 67.3 Å². The van der Waals surface area contributed by atoms with Crippen molar-refractivity contribution in [1.82, 2.24) is 9.88 Å². The number of amides is 1. The fraction of sp³-hybridized carbons (Fsp3) is 0.368. The molecular weight excluding hydrogens is 418 g/mol. The second-order valence-electron chi connectivity index (χ2n) is 5.92. The van der Waals surface area contributed by atoms with Gasteiger partial charge in [-0.3, -0.25) is 9.69 Å². The number of hydrogen-bond acceptors (Lipinski definition) is 6. The number of rotatable bonds is 8. The minimum absolute atomic E-state index is 0.0387. The van der Waals surface area contributed by atoms with Gasteiger partial charge in [-0.2, -0.15) is 0 Å². The highest BCUT2D eigenvalue weighted by Crippen LogP contribution is 2.33. The fourth-order valence-corrected chi connectivity index (χ4v) is 5.30.